The van der Waals surface area contributed by atoms with Crippen LogP contribution in [0.2, 0.25) is 0 Å². The van der Waals surface area contributed by atoms with E-state index in [1.807, 2.05) is 6.20 Å². The predicted molar refractivity (Wildman–Crippen MR) is 87.9 cm³/mol. The van der Waals surface area contributed by atoms with E-state index >= 15 is 0 Å². The first kappa shape index (κ1) is 14.4. The third-order valence-corrected chi connectivity index (χ3v) is 4.26. The largest absolute Gasteiger partial charge is 0.353 e. The third-order valence-electron chi connectivity index (χ3n) is 4.26. The molecule has 2 aromatic heterocycles. The lowest BCUT2D eigenvalue weighted by Crippen LogP contribution is -2.46. The highest BCUT2D eigenvalue weighted by molar-refractivity contribution is 5.52. The van der Waals surface area contributed by atoms with Crippen LogP contribution in [0.25, 0.3) is 5.65 Å². The van der Waals surface area contributed by atoms with E-state index in [2.05, 4.69) is 57.8 Å². The molecular formula is C17H26N4. The van der Waals surface area contributed by atoms with Gasteiger partial charge < -0.3 is 10.2 Å². The van der Waals surface area contributed by atoms with Crippen LogP contribution in [0, 0.1) is 5.92 Å². The summed E-state index contributed by atoms with van der Waals surface area (Å²) in [6.45, 7) is 7.84. The molecule has 0 aromatic carbocycles. The second-order valence-corrected chi connectivity index (χ2v) is 6.43. The number of aromatic nitrogens is 2. The van der Waals surface area contributed by atoms with Crippen molar-refractivity contribution in [2.75, 3.05) is 24.5 Å². The van der Waals surface area contributed by atoms with Gasteiger partial charge >= 0.3 is 0 Å². The average molecular weight is 286 g/mol. The molecule has 0 amide bonds. The summed E-state index contributed by atoms with van der Waals surface area (Å²) in [7, 11) is 0. The van der Waals surface area contributed by atoms with Gasteiger partial charge in [0.25, 0.3) is 0 Å². The normalized spacial score (nSPS) is 19.6. The summed E-state index contributed by atoms with van der Waals surface area (Å²) in [4.78, 5) is 6.97. The van der Waals surface area contributed by atoms with E-state index in [-0.39, 0.29) is 0 Å². The predicted octanol–water partition coefficient (Wildman–Crippen LogP) is 2.94. The highest BCUT2D eigenvalue weighted by atomic mass is 15.3. The molecule has 2 aromatic rings. The average Bonchev–Trinajstić information content (AvgIpc) is 2.96. The molecule has 4 nitrogen and oxygen atoms in total. The molecule has 0 radical (unpaired) electrons. The molecule has 0 saturated carbocycles. The maximum Gasteiger partial charge on any atom is 0.138 e. The minimum atomic E-state index is 0.588. The zero-order chi connectivity index (χ0) is 14.7. The molecule has 0 aliphatic carbocycles. The van der Waals surface area contributed by atoms with E-state index in [4.69, 9.17) is 0 Å². The molecule has 1 fully saturated rings. The van der Waals surface area contributed by atoms with Crippen LogP contribution in [0.15, 0.2) is 30.6 Å². The standard InChI is InChI=1S/C17H26N4/c1-14(2)12-18-13-15-6-3-4-10-20(15)17-8-5-7-16-19-9-11-21(16)17/h5,7-9,11,14-15,18H,3-4,6,10,12-13H2,1-2H3. The van der Waals surface area contributed by atoms with Crippen LogP contribution in [0.4, 0.5) is 5.82 Å². The Kier molecular flexibility index (Phi) is 4.44. The van der Waals surface area contributed by atoms with Crippen LogP contribution < -0.4 is 10.2 Å². The highest BCUT2D eigenvalue weighted by Crippen LogP contribution is 2.25. The molecule has 114 valence electrons. The number of nitrogens with one attached hydrogen (secondary N) is 1. The van der Waals surface area contributed by atoms with Gasteiger partial charge in [-0.3, -0.25) is 4.40 Å². The van der Waals surface area contributed by atoms with E-state index in [0.717, 1.165) is 25.3 Å². The minimum absolute atomic E-state index is 0.588. The first-order chi connectivity index (χ1) is 10.3. The van der Waals surface area contributed by atoms with Gasteiger partial charge in [0, 0.05) is 31.5 Å². The van der Waals surface area contributed by atoms with E-state index in [9.17, 15) is 0 Å². The Hall–Kier alpha value is -1.55. The fourth-order valence-corrected chi connectivity index (χ4v) is 3.22. The Bertz CT molecular complexity index is 575. The smallest absolute Gasteiger partial charge is 0.138 e. The van der Waals surface area contributed by atoms with Crippen LogP contribution in [-0.2, 0) is 0 Å². The lowest BCUT2D eigenvalue weighted by Gasteiger charge is -2.38. The Morgan fingerprint density at radius 3 is 3.10 bits per heavy atom. The molecule has 3 heterocycles. The number of hydrogen-bond donors (Lipinski definition) is 1. The van der Waals surface area contributed by atoms with Crippen LogP contribution in [0.1, 0.15) is 33.1 Å². The molecule has 1 atom stereocenters. The van der Waals surface area contributed by atoms with Gasteiger partial charge in [0.2, 0.25) is 0 Å². The number of hydrogen-bond acceptors (Lipinski definition) is 3. The lowest BCUT2D eigenvalue weighted by atomic mass is 10.0. The SMILES string of the molecule is CC(C)CNCC1CCCCN1c1cccc2nccn12. The maximum atomic E-state index is 4.41. The summed E-state index contributed by atoms with van der Waals surface area (Å²) in [5, 5.41) is 3.63. The molecule has 1 saturated heterocycles. The van der Waals surface area contributed by atoms with Crippen molar-refractivity contribution in [3.8, 4) is 0 Å². The second kappa shape index (κ2) is 6.48. The topological polar surface area (TPSA) is 32.6 Å². The molecule has 21 heavy (non-hydrogen) atoms. The Balaban J connectivity index is 1.79. The van der Waals surface area contributed by atoms with Gasteiger partial charge in [0.1, 0.15) is 11.5 Å². The van der Waals surface area contributed by atoms with E-state index < -0.39 is 0 Å². The van der Waals surface area contributed by atoms with Gasteiger partial charge in [-0.2, -0.15) is 0 Å². The van der Waals surface area contributed by atoms with Crippen LogP contribution >= 0.6 is 0 Å². The summed E-state index contributed by atoms with van der Waals surface area (Å²) in [6.07, 6.45) is 7.85. The van der Waals surface area contributed by atoms with Crippen molar-refractivity contribution in [1.29, 1.82) is 0 Å². The second-order valence-electron chi connectivity index (χ2n) is 6.43. The van der Waals surface area contributed by atoms with Crippen molar-refractivity contribution in [1.82, 2.24) is 14.7 Å². The molecule has 4 heteroatoms. The van der Waals surface area contributed by atoms with Crippen molar-refractivity contribution in [2.45, 2.75) is 39.2 Å². The fraction of sp³-hybridized carbons (Fsp3) is 0.588. The number of imidazole rings is 1. The highest BCUT2D eigenvalue weighted by Gasteiger charge is 2.23. The van der Waals surface area contributed by atoms with E-state index in [1.165, 1.54) is 25.1 Å². The third kappa shape index (κ3) is 3.21. The molecule has 1 unspecified atom stereocenters. The fourth-order valence-electron chi connectivity index (χ4n) is 3.22. The van der Waals surface area contributed by atoms with Crippen LogP contribution in [0.3, 0.4) is 0 Å². The van der Waals surface area contributed by atoms with Gasteiger partial charge in [-0.05, 0) is 43.9 Å². The van der Waals surface area contributed by atoms with Gasteiger partial charge in [-0.25, -0.2) is 4.98 Å². The summed E-state index contributed by atoms with van der Waals surface area (Å²) in [5.74, 6) is 1.99. The van der Waals surface area contributed by atoms with E-state index in [0.29, 0.717) is 12.0 Å². The molecule has 0 spiro atoms. The number of pyridine rings is 1. The summed E-state index contributed by atoms with van der Waals surface area (Å²) in [5.41, 5.74) is 1.03. The van der Waals surface area contributed by atoms with Crippen LogP contribution in [-0.4, -0.2) is 35.1 Å². The maximum absolute atomic E-state index is 4.41. The van der Waals surface area contributed by atoms with Gasteiger partial charge in [-0.15, -0.1) is 0 Å². The summed E-state index contributed by atoms with van der Waals surface area (Å²) in [6, 6.07) is 6.99. The van der Waals surface area contributed by atoms with Crippen molar-refractivity contribution < 1.29 is 0 Å². The molecule has 3 rings (SSSR count). The molecular weight excluding hydrogens is 260 g/mol. The Morgan fingerprint density at radius 2 is 2.24 bits per heavy atom. The van der Waals surface area contributed by atoms with Gasteiger partial charge in [0.15, 0.2) is 0 Å². The lowest BCUT2D eigenvalue weighted by molar-refractivity contribution is 0.420. The Morgan fingerprint density at radius 1 is 1.33 bits per heavy atom. The molecule has 1 aliphatic rings. The molecule has 0 bridgehead atoms. The van der Waals surface area contributed by atoms with Crippen molar-refractivity contribution >= 4 is 11.5 Å². The zero-order valence-corrected chi connectivity index (χ0v) is 13.1. The minimum Gasteiger partial charge on any atom is -0.353 e. The molecule has 1 aliphatic heterocycles. The van der Waals surface area contributed by atoms with Crippen molar-refractivity contribution in [3.05, 3.63) is 30.6 Å². The zero-order valence-electron chi connectivity index (χ0n) is 13.1. The first-order valence-corrected chi connectivity index (χ1v) is 8.15. The van der Waals surface area contributed by atoms with E-state index in [1.54, 1.807) is 0 Å². The summed E-state index contributed by atoms with van der Waals surface area (Å²) < 4.78 is 2.21. The van der Waals surface area contributed by atoms with Crippen molar-refractivity contribution in [2.24, 2.45) is 5.92 Å². The number of nitrogens with zero attached hydrogens (tertiary/aromatic N) is 3. The van der Waals surface area contributed by atoms with Gasteiger partial charge in [0.05, 0.1) is 0 Å². The monoisotopic (exact) mass is 286 g/mol. The summed E-state index contributed by atoms with van der Waals surface area (Å²) >= 11 is 0. The Labute approximate surface area is 127 Å². The number of rotatable bonds is 5. The number of fused-ring (bicyclic) bond motifs is 1. The van der Waals surface area contributed by atoms with Crippen molar-refractivity contribution in [3.63, 3.8) is 0 Å². The number of anilines is 1. The van der Waals surface area contributed by atoms with Crippen LogP contribution in [0.5, 0.6) is 0 Å². The van der Waals surface area contributed by atoms with Gasteiger partial charge in [-0.1, -0.05) is 19.9 Å². The first-order valence-electron chi connectivity index (χ1n) is 8.15. The molecule has 1 N–H and O–H groups in total. The number of piperidine rings is 1. The quantitative estimate of drug-likeness (QED) is 0.917.